The van der Waals surface area contributed by atoms with Gasteiger partial charge in [-0.1, -0.05) is 60.7 Å². The third-order valence-corrected chi connectivity index (χ3v) is 4.58. The topological polar surface area (TPSA) is 72.2 Å². The minimum Gasteiger partial charge on any atom is -0.341 e. The van der Waals surface area contributed by atoms with Crippen molar-refractivity contribution in [1.82, 2.24) is 5.32 Å². The van der Waals surface area contributed by atoms with E-state index >= 15 is 0 Å². The molecule has 0 saturated heterocycles. The minimum atomic E-state index is -0.470. The van der Waals surface area contributed by atoms with E-state index in [4.69, 9.17) is 0 Å². The van der Waals surface area contributed by atoms with Crippen LogP contribution in [0, 0.1) is 24.0 Å². The third kappa shape index (κ3) is 4.03. The van der Waals surface area contributed by atoms with Crippen LogP contribution in [-0.2, 0) is 0 Å². The van der Waals surface area contributed by atoms with Gasteiger partial charge in [-0.2, -0.15) is 0 Å². The van der Waals surface area contributed by atoms with E-state index in [-0.39, 0.29) is 23.2 Å². The van der Waals surface area contributed by atoms with Gasteiger partial charge in [-0.3, -0.25) is 14.9 Å². The van der Waals surface area contributed by atoms with Gasteiger partial charge in [0.2, 0.25) is 0 Å². The van der Waals surface area contributed by atoms with Crippen molar-refractivity contribution in [2.24, 2.45) is 0 Å². The lowest BCUT2D eigenvalue weighted by Crippen LogP contribution is -2.29. The maximum absolute atomic E-state index is 12.9. The van der Waals surface area contributed by atoms with Crippen LogP contribution in [-0.4, -0.2) is 10.8 Å². The number of nitrogens with one attached hydrogen (secondary N) is 1. The molecule has 3 aromatic carbocycles. The molecule has 27 heavy (non-hydrogen) atoms. The van der Waals surface area contributed by atoms with Gasteiger partial charge in [0.25, 0.3) is 11.6 Å². The molecular formula is C22H20N2O3. The van der Waals surface area contributed by atoms with Gasteiger partial charge in [-0.15, -0.1) is 0 Å². The molecular weight excluding hydrogens is 340 g/mol. The largest absolute Gasteiger partial charge is 0.341 e. The zero-order chi connectivity index (χ0) is 19.4. The Morgan fingerprint density at radius 3 is 2.26 bits per heavy atom. The number of aryl methyl sites for hydroxylation is 2. The minimum absolute atomic E-state index is 0.0604. The summed E-state index contributed by atoms with van der Waals surface area (Å²) in [5, 5.41) is 14.2. The van der Waals surface area contributed by atoms with E-state index in [0.717, 1.165) is 16.7 Å². The lowest BCUT2D eigenvalue weighted by atomic mass is 9.94. The van der Waals surface area contributed by atoms with Crippen LogP contribution in [0.3, 0.4) is 0 Å². The summed E-state index contributed by atoms with van der Waals surface area (Å²) in [6.07, 6.45) is 0. The van der Waals surface area contributed by atoms with Gasteiger partial charge in [0.15, 0.2) is 0 Å². The van der Waals surface area contributed by atoms with E-state index in [0.29, 0.717) is 5.56 Å². The number of carbonyl (C=O) groups excluding carboxylic acids is 1. The van der Waals surface area contributed by atoms with Crippen LogP contribution >= 0.6 is 0 Å². The highest BCUT2D eigenvalue weighted by molar-refractivity contribution is 5.95. The molecule has 0 aliphatic rings. The Morgan fingerprint density at radius 2 is 1.59 bits per heavy atom. The molecule has 0 aliphatic carbocycles. The molecule has 0 heterocycles. The molecule has 136 valence electrons. The van der Waals surface area contributed by atoms with Crippen molar-refractivity contribution in [3.8, 4) is 0 Å². The van der Waals surface area contributed by atoms with Crippen molar-refractivity contribution in [2.75, 3.05) is 0 Å². The number of hydrogen-bond donors (Lipinski definition) is 1. The molecule has 0 saturated carbocycles. The zero-order valence-electron chi connectivity index (χ0n) is 15.2. The predicted octanol–water partition coefficient (Wildman–Crippen LogP) is 4.73. The van der Waals surface area contributed by atoms with Crippen molar-refractivity contribution in [3.05, 3.63) is 111 Å². The molecule has 5 nitrogen and oxygen atoms in total. The van der Waals surface area contributed by atoms with Crippen molar-refractivity contribution < 1.29 is 9.72 Å². The first kappa shape index (κ1) is 18.3. The first-order valence-electron chi connectivity index (χ1n) is 8.63. The first-order valence-corrected chi connectivity index (χ1v) is 8.63. The van der Waals surface area contributed by atoms with E-state index in [2.05, 4.69) is 5.32 Å². The van der Waals surface area contributed by atoms with Gasteiger partial charge < -0.3 is 5.32 Å². The highest BCUT2D eigenvalue weighted by Gasteiger charge is 2.21. The fraction of sp³-hybridized carbons (Fsp3) is 0.136. The number of carbonyl (C=O) groups is 1. The number of benzene rings is 3. The van der Waals surface area contributed by atoms with Crippen molar-refractivity contribution in [2.45, 2.75) is 19.9 Å². The summed E-state index contributed by atoms with van der Waals surface area (Å²) >= 11 is 0. The summed E-state index contributed by atoms with van der Waals surface area (Å²) in [6, 6.07) is 21.7. The number of rotatable bonds is 5. The molecule has 0 aliphatic heterocycles. The highest BCUT2D eigenvalue weighted by Crippen LogP contribution is 2.26. The summed E-state index contributed by atoms with van der Waals surface area (Å²) in [7, 11) is 0. The van der Waals surface area contributed by atoms with Crippen LogP contribution < -0.4 is 5.32 Å². The number of hydrogen-bond acceptors (Lipinski definition) is 3. The monoisotopic (exact) mass is 360 g/mol. The van der Waals surface area contributed by atoms with E-state index in [9.17, 15) is 14.9 Å². The number of nitro groups is 1. The second kappa shape index (κ2) is 7.83. The van der Waals surface area contributed by atoms with E-state index < -0.39 is 4.92 Å². The lowest BCUT2D eigenvalue weighted by Gasteiger charge is -2.21. The Hall–Kier alpha value is -3.47. The zero-order valence-corrected chi connectivity index (χ0v) is 15.2. The number of nitrogens with zero attached hydrogens (tertiary/aromatic N) is 1. The van der Waals surface area contributed by atoms with Gasteiger partial charge >= 0.3 is 0 Å². The van der Waals surface area contributed by atoms with E-state index in [1.807, 2.05) is 61.5 Å². The molecule has 1 unspecified atom stereocenters. The van der Waals surface area contributed by atoms with Crippen LogP contribution in [0.1, 0.15) is 38.7 Å². The second-order valence-corrected chi connectivity index (χ2v) is 6.43. The molecule has 3 aromatic rings. The lowest BCUT2D eigenvalue weighted by molar-refractivity contribution is -0.385. The fourth-order valence-electron chi connectivity index (χ4n) is 3.06. The first-order chi connectivity index (χ1) is 13.0. The Balaban J connectivity index is 1.98. The Labute approximate surface area is 157 Å². The third-order valence-electron chi connectivity index (χ3n) is 4.58. The number of nitro benzene ring substituents is 1. The van der Waals surface area contributed by atoms with Crippen molar-refractivity contribution in [1.29, 1.82) is 0 Å². The average Bonchev–Trinajstić information content (AvgIpc) is 2.67. The fourth-order valence-corrected chi connectivity index (χ4v) is 3.06. The molecule has 0 bridgehead atoms. The van der Waals surface area contributed by atoms with Gasteiger partial charge in [0.1, 0.15) is 0 Å². The Bertz CT molecular complexity index is 984. The molecule has 1 amide bonds. The smallest absolute Gasteiger partial charge is 0.273 e. The van der Waals surface area contributed by atoms with Crippen LogP contribution in [0.25, 0.3) is 0 Å². The Kier molecular flexibility index (Phi) is 5.31. The van der Waals surface area contributed by atoms with Crippen LogP contribution in [0.15, 0.2) is 72.8 Å². The summed E-state index contributed by atoms with van der Waals surface area (Å²) in [4.78, 5) is 23.6. The molecule has 3 rings (SSSR count). The maximum atomic E-state index is 12.9. The van der Waals surface area contributed by atoms with Crippen molar-refractivity contribution >= 4 is 11.6 Å². The SMILES string of the molecule is Cc1ccccc1C(NC(=O)c1ccc(C)c([N+](=O)[O-])c1)c1ccccc1. The molecule has 5 heteroatoms. The molecule has 0 aromatic heterocycles. The normalized spacial score (nSPS) is 11.6. The molecule has 0 radical (unpaired) electrons. The maximum Gasteiger partial charge on any atom is 0.273 e. The summed E-state index contributed by atoms with van der Waals surface area (Å²) in [5.41, 5.74) is 3.72. The number of amides is 1. The second-order valence-electron chi connectivity index (χ2n) is 6.43. The van der Waals surface area contributed by atoms with Crippen LogP contribution in [0.2, 0.25) is 0 Å². The summed E-state index contributed by atoms with van der Waals surface area (Å²) < 4.78 is 0. The predicted molar refractivity (Wildman–Crippen MR) is 105 cm³/mol. The van der Waals surface area contributed by atoms with Crippen LogP contribution in [0.4, 0.5) is 5.69 Å². The van der Waals surface area contributed by atoms with Crippen LogP contribution in [0.5, 0.6) is 0 Å². The van der Waals surface area contributed by atoms with E-state index in [1.165, 1.54) is 6.07 Å². The summed E-state index contributed by atoms with van der Waals surface area (Å²) in [6.45, 7) is 3.65. The van der Waals surface area contributed by atoms with Crippen molar-refractivity contribution in [3.63, 3.8) is 0 Å². The van der Waals surface area contributed by atoms with E-state index in [1.54, 1.807) is 19.1 Å². The Morgan fingerprint density at radius 1 is 0.926 bits per heavy atom. The van der Waals surface area contributed by atoms with Gasteiger partial charge in [-0.25, -0.2) is 0 Å². The van der Waals surface area contributed by atoms with Gasteiger partial charge in [0, 0.05) is 17.2 Å². The molecule has 1 N–H and O–H groups in total. The quantitative estimate of drug-likeness (QED) is 0.528. The summed E-state index contributed by atoms with van der Waals surface area (Å²) in [5.74, 6) is -0.352. The standard InChI is InChI=1S/C22H20N2O3/c1-15-8-6-7-11-19(15)21(17-9-4-3-5-10-17)23-22(25)18-13-12-16(2)20(14-18)24(26)27/h3-14,21H,1-2H3,(H,23,25). The molecule has 0 spiro atoms. The highest BCUT2D eigenvalue weighted by atomic mass is 16.6. The molecule has 0 fully saturated rings. The van der Waals surface area contributed by atoms with Gasteiger partial charge in [-0.05, 0) is 36.6 Å². The average molecular weight is 360 g/mol. The molecule has 1 atom stereocenters. The van der Waals surface area contributed by atoms with Gasteiger partial charge in [0.05, 0.1) is 11.0 Å².